The van der Waals surface area contributed by atoms with Crippen molar-refractivity contribution >= 4 is 17.0 Å². The normalized spacial score (nSPS) is 14.4. The smallest absolute Gasteiger partial charge is 0.366 e. The van der Waals surface area contributed by atoms with Gasteiger partial charge in [0.25, 0.3) is 0 Å². The Morgan fingerprint density at radius 1 is 1.14 bits per heavy atom. The molecule has 0 unspecified atom stereocenters. The summed E-state index contributed by atoms with van der Waals surface area (Å²) in [6, 6.07) is 10.8. The number of aromatic amines is 1. The van der Waals surface area contributed by atoms with E-state index in [-0.39, 0.29) is 6.54 Å². The van der Waals surface area contributed by atoms with Crippen LogP contribution in [0.3, 0.4) is 0 Å². The van der Waals surface area contributed by atoms with E-state index in [1.54, 1.807) is 23.0 Å². The summed E-state index contributed by atoms with van der Waals surface area (Å²) in [7, 11) is 0. The number of aromatic nitrogens is 5. The molecule has 1 saturated carbocycles. The number of pyridine rings is 1. The molecule has 4 aromatic rings. The summed E-state index contributed by atoms with van der Waals surface area (Å²) in [6.45, 7) is 0.227. The molecule has 6 nitrogen and oxygen atoms in total. The Morgan fingerprint density at radius 3 is 2.79 bits per heavy atom. The number of hydrogen-bond acceptors (Lipinski definition) is 4. The number of benzene rings is 1. The molecule has 3 aromatic heterocycles. The molecule has 0 aliphatic heterocycles. The molecule has 0 atom stereocenters. The number of rotatable bonds is 5. The van der Waals surface area contributed by atoms with Crippen LogP contribution in [0.4, 0.5) is 19.0 Å². The van der Waals surface area contributed by atoms with Gasteiger partial charge < -0.3 is 5.32 Å². The number of halogens is 3. The van der Waals surface area contributed by atoms with E-state index >= 15 is 0 Å². The molecule has 148 valence electrons. The van der Waals surface area contributed by atoms with Crippen LogP contribution in [0.15, 0.2) is 48.8 Å². The Hall–Kier alpha value is -3.36. The molecule has 1 aliphatic rings. The Kier molecular flexibility index (Phi) is 4.04. The zero-order valence-corrected chi connectivity index (χ0v) is 15.2. The standard InChI is InChI=1S/C20H17F3N6/c21-20(22,23)14-3-1-2-12(8-14)10-24-17-7-6-15-19(26-17)29(11-25-15)18-9-16(27-28-18)13-4-5-13/h1-3,6-9,11,13H,4-5,10H2,(H,24,26)(H,27,28). The van der Waals surface area contributed by atoms with Crippen molar-refractivity contribution in [3.8, 4) is 5.82 Å². The van der Waals surface area contributed by atoms with Gasteiger partial charge in [0.1, 0.15) is 17.7 Å². The average Bonchev–Trinajstić information content (AvgIpc) is 3.29. The molecule has 3 heterocycles. The highest BCUT2D eigenvalue weighted by atomic mass is 19.4. The van der Waals surface area contributed by atoms with Crippen LogP contribution in [0.25, 0.3) is 17.0 Å². The van der Waals surface area contributed by atoms with Crippen LogP contribution in [-0.4, -0.2) is 24.7 Å². The molecule has 1 aliphatic carbocycles. The van der Waals surface area contributed by atoms with E-state index in [1.165, 1.54) is 18.9 Å². The molecule has 0 bridgehead atoms. The number of fused-ring (bicyclic) bond motifs is 1. The maximum Gasteiger partial charge on any atom is 0.416 e. The first-order valence-electron chi connectivity index (χ1n) is 9.27. The van der Waals surface area contributed by atoms with Crippen molar-refractivity contribution in [1.29, 1.82) is 0 Å². The molecule has 0 radical (unpaired) electrons. The van der Waals surface area contributed by atoms with E-state index < -0.39 is 11.7 Å². The highest BCUT2D eigenvalue weighted by Crippen LogP contribution is 2.39. The van der Waals surface area contributed by atoms with Crippen molar-refractivity contribution in [1.82, 2.24) is 24.7 Å². The van der Waals surface area contributed by atoms with Crippen molar-refractivity contribution in [2.45, 2.75) is 31.5 Å². The van der Waals surface area contributed by atoms with Crippen LogP contribution in [0.2, 0.25) is 0 Å². The molecule has 1 fully saturated rings. The van der Waals surface area contributed by atoms with E-state index in [4.69, 9.17) is 0 Å². The van der Waals surface area contributed by atoms with Gasteiger partial charge >= 0.3 is 6.18 Å². The molecule has 0 saturated heterocycles. The summed E-state index contributed by atoms with van der Waals surface area (Å²) in [5, 5.41) is 10.5. The second kappa shape index (κ2) is 6.61. The number of alkyl halides is 3. The van der Waals surface area contributed by atoms with E-state index in [2.05, 4.69) is 25.5 Å². The fraction of sp³-hybridized carbons (Fsp3) is 0.250. The summed E-state index contributed by atoms with van der Waals surface area (Å²) in [6.07, 6.45) is -0.341. The van der Waals surface area contributed by atoms with Crippen LogP contribution >= 0.6 is 0 Å². The highest BCUT2D eigenvalue weighted by molar-refractivity contribution is 5.74. The average molecular weight is 398 g/mol. The van der Waals surface area contributed by atoms with Gasteiger partial charge in [0.15, 0.2) is 11.5 Å². The van der Waals surface area contributed by atoms with Crippen LogP contribution in [-0.2, 0) is 12.7 Å². The third-order valence-corrected chi connectivity index (χ3v) is 4.97. The summed E-state index contributed by atoms with van der Waals surface area (Å²) in [5.41, 5.74) is 2.32. The van der Waals surface area contributed by atoms with Gasteiger partial charge in [0.05, 0.1) is 5.56 Å². The van der Waals surface area contributed by atoms with Gasteiger partial charge in [-0.1, -0.05) is 12.1 Å². The van der Waals surface area contributed by atoms with Crippen LogP contribution in [0.1, 0.15) is 35.6 Å². The molecule has 29 heavy (non-hydrogen) atoms. The predicted octanol–water partition coefficient (Wildman–Crippen LogP) is 4.65. The third-order valence-electron chi connectivity index (χ3n) is 4.97. The molecule has 2 N–H and O–H groups in total. The van der Waals surface area contributed by atoms with Crippen LogP contribution in [0.5, 0.6) is 0 Å². The van der Waals surface area contributed by atoms with Crippen molar-refractivity contribution in [2.24, 2.45) is 0 Å². The number of imidazole rings is 1. The lowest BCUT2D eigenvalue weighted by Gasteiger charge is -2.10. The Bertz CT molecular complexity index is 1170. The minimum Gasteiger partial charge on any atom is -0.366 e. The quantitative estimate of drug-likeness (QED) is 0.513. The lowest BCUT2D eigenvalue weighted by molar-refractivity contribution is -0.137. The van der Waals surface area contributed by atoms with Gasteiger partial charge in [-0.2, -0.15) is 18.3 Å². The maximum atomic E-state index is 12.9. The fourth-order valence-corrected chi connectivity index (χ4v) is 3.26. The summed E-state index contributed by atoms with van der Waals surface area (Å²) in [4.78, 5) is 8.94. The zero-order valence-electron chi connectivity index (χ0n) is 15.2. The Labute approximate surface area is 163 Å². The lowest BCUT2D eigenvalue weighted by atomic mass is 10.1. The minimum atomic E-state index is -4.36. The second-order valence-electron chi connectivity index (χ2n) is 7.16. The van der Waals surface area contributed by atoms with Crippen molar-refractivity contribution in [2.75, 3.05) is 5.32 Å². The molecule has 0 amide bonds. The fourth-order valence-electron chi connectivity index (χ4n) is 3.26. The second-order valence-corrected chi connectivity index (χ2v) is 7.16. The molecule has 0 spiro atoms. The van der Waals surface area contributed by atoms with Gasteiger partial charge in [-0.15, -0.1) is 0 Å². The molecule has 1 aromatic carbocycles. The monoisotopic (exact) mass is 398 g/mol. The lowest BCUT2D eigenvalue weighted by Crippen LogP contribution is -2.07. The molecule has 5 rings (SSSR count). The zero-order chi connectivity index (χ0) is 20.0. The largest absolute Gasteiger partial charge is 0.416 e. The van der Waals surface area contributed by atoms with E-state index in [0.717, 1.165) is 23.6 Å². The molecule has 9 heteroatoms. The topological polar surface area (TPSA) is 71.4 Å². The van der Waals surface area contributed by atoms with Crippen LogP contribution in [0, 0.1) is 0 Å². The number of nitrogens with one attached hydrogen (secondary N) is 2. The van der Waals surface area contributed by atoms with Gasteiger partial charge in [0, 0.05) is 24.2 Å². The van der Waals surface area contributed by atoms with Gasteiger partial charge in [-0.3, -0.25) is 9.67 Å². The van der Waals surface area contributed by atoms with Crippen molar-refractivity contribution in [3.05, 3.63) is 65.6 Å². The van der Waals surface area contributed by atoms with Crippen molar-refractivity contribution < 1.29 is 13.2 Å². The number of nitrogens with zero attached hydrogens (tertiary/aromatic N) is 4. The summed E-state index contributed by atoms with van der Waals surface area (Å²) >= 11 is 0. The van der Waals surface area contributed by atoms with Gasteiger partial charge in [-0.25, -0.2) is 9.97 Å². The first-order chi connectivity index (χ1) is 14.0. The third kappa shape index (κ3) is 3.55. The number of anilines is 1. The maximum absolute atomic E-state index is 12.9. The number of hydrogen-bond donors (Lipinski definition) is 2. The first kappa shape index (κ1) is 17.7. The SMILES string of the molecule is FC(F)(F)c1cccc(CNc2ccc3ncn(-c4cc(C5CC5)[nH]n4)c3n2)c1. The van der Waals surface area contributed by atoms with Gasteiger partial charge in [0.2, 0.25) is 0 Å². The van der Waals surface area contributed by atoms with E-state index in [1.807, 2.05) is 12.1 Å². The molecular formula is C20H17F3N6. The van der Waals surface area contributed by atoms with E-state index in [0.29, 0.717) is 28.5 Å². The van der Waals surface area contributed by atoms with Crippen LogP contribution < -0.4 is 5.32 Å². The molecular weight excluding hydrogens is 381 g/mol. The van der Waals surface area contributed by atoms with Crippen molar-refractivity contribution in [3.63, 3.8) is 0 Å². The minimum absolute atomic E-state index is 0.227. The first-order valence-corrected chi connectivity index (χ1v) is 9.27. The predicted molar refractivity (Wildman–Crippen MR) is 102 cm³/mol. The highest BCUT2D eigenvalue weighted by Gasteiger charge is 2.30. The van der Waals surface area contributed by atoms with Gasteiger partial charge in [-0.05, 0) is 42.7 Å². The Morgan fingerprint density at radius 2 is 2.00 bits per heavy atom. The summed E-state index contributed by atoms with van der Waals surface area (Å²) in [5.74, 6) is 1.83. The Balaban J connectivity index is 1.38. The number of H-pyrrole nitrogens is 1. The van der Waals surface area contributed by atoms with E-state index in [9.17, 15) is 13.2 Å². The summed E-state index contributed by atoms with van der Waals surface area (Å²) < 4.78 is 40.4.